The molecular formula is C19H25N3O4S. The zero-order valence-electron chi connectivity index (χ0n) is 15.3. The molecule has 1 aliphatic rings. The Morgan fingerprint density at radius 1 is 1.48 bits per heavy atom. The number of nitrogens with zero attached hydrogens (tertiary/aromatic N) is 2. The van der Waals surface area contributed by atoms with E-state index in [2.05, 4.69) is 5.32 Å². The number of nitriles is 1. The van der Waals surface area contributed by atoms with Crippen LogP contribution in [-0.4, -0.2) is 57.3 Å². The number of carboxylic acid groups (broad SMARTS) is 1. The second-order valence-electron chi connectivity index (χ2n) is 6.35. The van der Waals surface area contributed by atoms with E-state index in [9.17, 15) is 9.59 Å². The van der Waals surface area contributed by atoms with E-state index in [1.807, 2.05) is 31.2 Å². The summed E-state index contributed by atoms with van der Waals surface area (Å²) in [5.74, 6) is -2.24. The van der Waals surface area contributed by atoms with Crippen LogP contribution < -0.4 is 5.32 Å². The molecule has 0 bridgehead atoms. The normalized spacial score (nSPS) is 20.3. The van der Waals surface area contributed by atoms with Gasteiger partial charge in [-0.1, -0.05) is 12.1 Å². The highest BCUT2D eigenvalue weighted by Crippen LogP contribution is 2.36. The van der Waals surface area contributed by atoms with Gasteiger partial charge in [0.05, 0.1) is 16.7 Å². The molecule has 1 heterocycles. The van der Waals surface area contributed by atoms with Crippen molar-refractivity contribution in [1.82, 2.24) is 4.90 Å². The van der Waals surface area contributed by atoms with Crippen LogP contribution in [0.2, 0.25) is 0 Å². The Kier molecular flexibility index (Phi) is 7.95. The zero-order valence-corrected chi connectivity index (χ0v) is 16.1. The summed E-state index contributed by atoms with van der Waals surface area (Å²) in [5.41, 5.74) is 1.98. The highest BCUT2D eigenvalue weighted by molar-refractivity contribution is 8.01. The lowest BCUT2D eigenvalue weighted by Gasteiger charge is -2.22. The van der Waals surface area contributed by atoms with E-state index in [1.54, 1.807) is 11.0 Å². The average molecular weight is 391 g/mol. The van der Waals surface area contributed by atoms with Crippen LogP contribution in [0, 0.1) is 17.2 Å². The number of aliphatic hydroxyl groups excluding tert-OH is 1. The fourth-order valence-corrected chi connectivity index (χ4v) is 4.69. The summed E-state index contributed by atoms with van der Waals surface area (Å²) in [5, 5.41) is 29.9. The molecule has 0 radical (unpaired) electrons. The smallest absolute Gasteiger partial charge is 0.321 e. The van der Waals surface area contributed by atoms with Crippen molar-refractivity contribution in [3.05, 3.63) is 29.8 Å². The minimum absolute atomic E-state index is 0.00501. The summed E-state index contributed by atoms with van der Waals surface area (Å²) in [6.07, 6.45) is 1.36. The fourth-order valence-electron chi connectivity index (χ4n) is 3.11. The molecule has 8 heteroatoms. The van der Waals surface area contributed by atoms with E-state index in [1.165, 1.54) is 11.8 Å². The first-order valence-corrected chi connectivity index (χ1v) is 9.96. The molecule has 0 aromatic heterocycles. The average Bonchev–Trinajstić information content (AvgIpc) is 2.94. The van der Waals surface area contributed by atoms with Crippen molar-refractivity contribution in [3.8, 4) is 6.07 Å². The number of hydrogen-bond acceptors (Lipinski definition) is 6. The Bertz CT molecular complexity index is 706. The molecule has 1 aromatic carbocycles. The third-order valence-electron chi connectivity index (χ3n) is 4.52. The van der Waals surface area contributed by atoms with Gasteiger partial charge >= 0.3 is 5.97 Å². The second kappa shape index (κ2) is 10.2. The van der Waals surface area contributed by atoms with E-state index >= 15 is 0 Å². The van der Waals surface area contributed by atoms with Crippen molar-refractivity contribution < 1.29 is 19.8 Å². The van der Waals surface area contributed by atoms with E-state index in [4.69, 9.17) is 15.5 Å². The number of anilines is 1. The summed E-state index contributed by atoms with van der Waals surface area (Å²) in [7, 11) is 0. The topological polar surface area (TPSA) is 114 Å². The minimum Gasteiger partial charge on any atom is -0.480 e. The molecular weight excluding hydrogens is 366 g/mol. The second-order valence-corrected chi connectivity index (χ2v) is 7.73. The van der Waals surface area contributed by atoms with Crippen LogP contribution in [0.5, 0.6) is 0 Å². The van der Waals surface area contributed by atoms with Gasteiger partial charge in [0, 0.05) is 31.8 Å². The molecule has 3 atom stereocenters. The standard InChI is InChI=1S/C19H25N3O4S/c1-2-22-17(11-14(12-20)19(25)26)27-16(18(22)24)6-8-21-15-5-3-4-13(10-15)7-9-23/h3-5,10,14,16-17,21,23H,2,6-9,11H2,1H3,(H,25,26). The molecule has 0 aliphatic carbocycles. The number of carboxylic acids is 1. The van der Waals surface area contributed by atoms with Gasteiger partial charge in [-0.25, -0.2) is 0 Å². The molecule has 7 nitrogen and oxygen atoms in total. The van der Waals surface area contributed by atoms with Crippen LogP contribution in [0.3, 0.4) is 0 Å². The van der Waals surface area contributed by atoms with Gasteiger partial charge in [0.2, 0.25) is 5.91 Å². The maximum absolute atomic E-state index is 12.6. The van der Waals surface area contributed by atoms with Crippen LogP contribution in [0.25, 0.3) is 0 Å². The van der Waals surface area contributed by atoms with Gasteiger partial charge < -0.3 is 20.4 Å². The van der Waals surface area contributed by atoms with Gasteiger partial charge in [0.15, 0.2) is 0 Å². The molecule has 2 rings (SSSR count). The molecule has 1 amide bonds. The SMILES string of the molecule is CCN1C(=O)C(CCNc2cccc(CCO)c2)SC1CC(C#N)C(=O)O. The third-order valence-corrected chi connectivity index (χ3v) is 6.05. The van der Waals surface area contributed by atoms with Crippen molar-refractivity contribution in [1.29, 1.82) is 5.26 Å². The lowest BCUT2D eigenvalue weighted by atomic mass is 10.1. The Morgan fingerprint density at radius 2 is 2.26 bits per heavy atom. The van der Waals surface area contributed by atoms with Crippen molar-refractivity contribution in [2.24, 2.45) is 5.92 Å². The largest absolute Gasteiger partial charge is 0.480 e. The summed E-state index contributed by atoms with van der Waals surface area (Å²) in [6, 6.07) is 9.60. The monoisotopic (exact) mass is 391 g/mol. The summed E-state index contributed by atoms with van der Waals surface area (Å²) < 4.78 is 0. The first kappa shape index (κ1) is 21.1. The van der Waals surface area contributed by atoms with Gasteiger partial charge in [-0.05, 0) is 37.5 Å². The predicted octanol–water partition coefficient (Wildman–Crippen LogP) is 1.93. The number of benzene rings is 1. The number of rotatable bonds is 10. The van der Waals surface area contributed by atoms with Gasteiger partial charge in [-0.15, -0.1) is 11.8 Å². The molecule has 27 heavy (non-hydrogen) atoms. The number of amides is 1. The molecule has 0 saturated carbocycles. The Labute approximate surface area is 163 Å². The van der Waals surface area contributed by atoms with Crippen molar-refractivity contribution in [2.45, 2.75) is 36.8 Å². The molecule has 1 aromatic rings. The Balaban J connectivity index is 1.91. The zero-order chi connectivity index (χ0) is 19.8. The van der Waals surface area contributed by atoms with E-state index in [-0.39, 0.29) is 29.6 Å². The number of thioether (sulfide) groups is 1. The first-order chi connectivity index (χ1) is 13.0. The van der Waals surface area contributed by atoms with Crippen LogP contribution >= 0.6 is 11.8 Å². The summed E-state index contributed by atoms with van der Waals surface area (Å²) in [4.78, 5) is 25.4. The van der Waals surface area contributed by atoms with Crippen LogP contribution in [0.15, 0.2) is 24.3 Å². The highest BCUT2D eigenvalue weighted by Gasteiger charge is 2.40. The fraction of sp³-hybridized carbons (Fsp3) is 0.526. The first-order valence-electron chi connectivity index (χ1n) is 9.02. The number of carbonyl (C=O) groups excluding carboxylic acids is 1. The molecule has 0 spiro atoms. The Morgan fingerprint density at radius 3 is 2.89 bits per heavy atom. The lowest BCUT2D eigenvalue weighted by molar-refractivity contribution is -0.141. The van der Waals surface area contributed by atoms with E-state index in [0.29, 0.717) is 25.9 Å². The van der Waals surface area contributed by atoms with E-state index in [0.717, 1.165) is 11.3 Å². The van der Waals surface area contributed by atoms with E-state index < -0.39 is 11.9 Å². The van der Waals surface area contributed by atoms with Gasteiger partial charge in [-0.3, -0.25) is 9.59 Å². The van der Waals surface area contributed by atoms with Crippen LogP contribution in [0.1, 0.15) is 25.3 Å². The summed E-state index contributed by atoms with van der Waals surface area (Å²) >= 11 is 1.45. The van der Waals surface area contributed by atoms with Crippen molar-refractivity contribution >= 4 is 29.3 Å². The molecule has 3 unspecified atom stereocenters. The number of hydrogen-bond donors (Lipinski definition) is 3. The predicted molar refractivity (Wildman–Crippen MR) is 104 cm³/mol. The van der Waals surface area contributed by atoms with Crippen LogP contribution in [-0.2, 0) is 16.0 Å². The maximum Gasteiger partial charge on any atom is 0.321 e. The van der Waals surface area contributed by atoms with Crippen molar-refractivity contribution in [3.63, 3.8) is 0 Å². The quantitative estimate of drug-likeness (QED) is 0.558. The Hall–Kier alpha value is -2.24. The van der Waals surface area contributed by atoms with Crippen LogP contribution in [0.4, 0.5) is 5.69 Å². The van der Waals surface area contributed by atoms with Crippen molar-refractivity contribution in [2.75, 3.05) is 25.0 Å². The number of aliphatic hydroxyl groups is 1. The van der Waals surface area contributed by atoms with Gasteiger partial charge in [0.1, 0.15) is 5.92 Å². The van der Waals surface area contributed by atoms with Gasteiger partial charge in [0.25, 0.3) is 0 Å². The number of carbonyl (C=O) groups is 2. The third kappa shape index (κ3) is 5.62. The maximum atomic E-state index is 12.6. The molecule has 1 aliphatic heterocycles. The lowest BCUT2D eigenvalue weighted by Crippen LogP contribution is -2.36. The number of aliphatic carboxylic acids is 1. The highest BCUT2D eigenvalue weighted by atomic mass is 32.2. The summed E-state index contributed by atoms with van der Waals surface area (Å²) in [6.45, 7) is 3.07. The number of nitrogens with one attached hydrogen (secondary N) is 1. The molecule has 1 saturated heterocycles. The molecule has 146 valence electrons. The minimum atomic E-state index is -1.14. The van der Waals surface area contributed by atoms with Gasteiger partial charge in [-0.2, -0.15) is 5.26 Å². The molecule has 1 fully saturated rings. The molecule has 3 N–H and O–H groups in total.